The molecule has 2 nitrogen and oxygen atoms in total. The topological polar surface area (TPSA) is 15.3 Å². The Bertz CT molecular complexity index is 156. The number of nitrogens with zero attached hydrogens (tertiary/aromatic N) is 1. The molecule has 3 atom stereocenters. The van der Waals surface area contributed by atoms with Crippen molar-refractivity contribution >= 4 is 0 Å². The zero-order valence-electron chi connectivity index (χ0n) is 9.67. The van der Waals surface area contributed by atoms with Crippen LogP contribution in [0, 0.1) is 5.92 Å². The molecule has 1 fully saturated rings. The molecule has 0 spiro atoms. The minimum Gasteiger partial charge on any atom is -0.311 e. The van der Waals surface area contributed by atoms with Crippen molar-refractivity contribution in [3.8, 4) is 0 Å². The van der Waals surface area contributed by atoms with Crippen LogP contribution in [0.4, 0.5) is 0 Å². The van der Waals surface area contributed by atoms with Crippen LogP contribution in [0.5, 0.6) is 0 Å². The molecule has 0 aliphatic carbocycles. The summed E-state index contributed by atoms with van der Waals surface area (Å²) in [5, 5.41) is 3.66. The summed E-state index contributed by atoms with van der Waals surface area (Å²) in [6, 6.07) is 2.06. The Hall–Kier alpha value is -0.0800. The zero-order valence-corrected chi connectivity index (χ0v) is 9.67. The summed E-state index contributed by atoms with van der Waals surface area (Å²) in [7, 11) is 2.23. The third-order valence-electron chi connectivity index (χ3n) is 3.16. The molecule has 1 rings (SSSR count). The molecule has 1 heterocycles. The van der Waals surface area contributed by atoms with E-state index in [2.05, 4.69) is 45.0 Å². The fourth-order valence-electron chi connectivity index (χ4n) is 2.20. The van der Waals surface area contributed by atoms with Crippen molar-refractivity contribution in [1.29, 1.82) is 0 Å². The van der Waals surface area contributed by atoms with E-state index in [9.17, 15) is 0 Å². The van der Waals surface area contributed by atoms with Gasteiger partial charge in [0.15, 0.2) is 0 Å². The van der Waals surface area contributed by atoms with E-state index >= 15 is 0 Å². The van der Waals surface area contributed by atoms with Gasteiger partial charge in [0.05, 0.1) is 0 Å². The lowest BCUT2D eigenvalue weighted by Gasteiger charge is -2.40. The van der Waals surface area contributed by atoms with Gasteiger partial charge in [-0.3, -0.25) is 0 Å². The second kappa shape index (κ2) is 4.43. The van der Waals surface area contributed by atoms with E-state index in [-0.39, 0.29) is 0 Å². The van der Waals surface area contributed by atoms with Gasteiger partial charge in [-0.25, -0.2) is 0 Å². The monoisotopic (exact) mass is 184 g/mol. The summed E-state index contributed by atoms with van der Waals surface area (Å²) in [5.41, 5.74) is 0. The first kappa shape index (κ1) is 11.0. The Morgan fingerprint density at radius 1 is 1.31 bits per heavy atom. The minimum atomic E-state index is 0.614. The number of hydrogen-bond acceptors (Lipinski definition) is 2. The van der Waals surface area contributed by atoms with Crippen molar-refractivity contribution in [3.63, 3.8) is 0 Å². The van der Waals surface area contributed by atoms with Crippen molar-refractivity contribution in [2.24, 2.45) is 5.92 Å². The van der Waals surface area contributed by atoms with Crippen LogP contribution in [-0.2, 0) is 0 Å². The van der Waals surface area contributed by atoms with Crippen molar-refractivity contribution in [3.05, 3.63) is 0 Å². The van der Waals surface area contributed by atoms with Crippen LogP contribution < -0.4 is 5.32 Å². The number of rotatable bonds is 2. The highest BCUT2D eigenvalue weighted by atomic mass is 15.2. The van der Waals surface area contributed by atoms with Crippen LogP contribution in [0.15, 0.2) is 0 Å². The minimum absolute atomic E-state index is 0.614. The van der Waals surface area contributed by atoms with Crippen molar-refractivity contribution in [2.45, 2.75) is 52.2 Å². The van der Waals surface area contributed by atoms with E-state index in [0.29, 0.717) is 12.1 Å². The van der Waals surface area contributed by atoms with Gasteiger partial charge in [0.1, 0.15) is 0 Å². The molecule has 1 aliphatic rings. The van der Waals surface area contributed by atoms with Crippen molar-refractivity contribution in [1.82, 2.24) is 10.2 Å². The number of hydrogen-bond donors (Lipinski definition) is 1. The molecule has 0 aromatic carbocycles. The molecule has 0 aromatic rings. The highest BCUT2D eigenvalue weighted by Crippen LogP contribution is 2.20. The van der Waals surface area contributed by atoms with Gasteiger partial charge >= 0.3 is 0 Å². The smallest absolute Gasteiger partial charge is 0.0122 e. The summed E-state index contributed by atoms with van der Waals surface area (Å²) in [6.07, 6.45) is 1.29. The van der Waals surface area contributed by atoms with Crippen LogP contribution in [0.25, 0.3) is 0 Å². The Kier molecular flexibility index (Phi) is 3.74. The number of piperidine rings is 1. The van der Waals surface area contributed by atoms with Gasteiger partial charge in [-0.05, 0) is 26.3 Å². The van der Waals surface area contributed by atoms with Crippen molar-refractivity contribution < 1.29 is 0 Å². The summed E-state index contributed by atoms with van der Waals surface area (Å²) in [6.45, 7) is 10.4. The Labute approximate surface area is 82.7 Å². The second-order valence-electron chi connectivity index (χ2n) is 4.93. The van der Waals surface area contributed by atoms with Gasteiger partial charge in [-0.15, -0.1) is 0 Å². The first-order valence-corrected chi connectivity index (χ1v) is 5.47. The maximum absolute atomic E-state index is 3.66. The van der Waals surface area contributed by atoms with Gasteiger partial charge in [0.2, 0.25) is 0 Å². The predicted octanol–water partition coefficient (Wildman–Crippen LogP) is 1.71. The number of nitrogens with one attached hydrogen (secondary N) is 1. The highest BCUT2D eigenvalue weighted by molar-refractivity contribution is 4.86. The van der Waals surface area contributed by atoms with E-state index < -0.39 is 0 Å². The lowest BCUT2D eigenvalue weighted by atomic mass is 9.89. The van der Waals surface area contributed by atoms with Gasteiger partial charge in [-0.2, -0.15) is 0 Å². The molecule has 0 aromatic heterocycles. The molecule has 0 bridgehead atoms. The molecular formula is C11H24N2. The maximum atomic E-state index is 3.66. The van der Waals surface area contributed by atoms with Gasteiger partial charge in [0.25, 0.3) is 0 Å². The summed E-state index contributed by atoms with van der Waals surface area (Å²) in [4.78, 5) is 2.46. The van der Waals surface area contributed by atoms with Gasteiger partial charge in [-0.1, -0.05) is 20.8 Å². The van der Waals surface area contributed by atoms with Crippen LogP contribution in [0.3, 0.4) is 0 Å². The predicted molar refractivity (Wildman–Crippen MR) is 57.9 cm³/mol. The fourth-order valence-corrected chi connectivity index (χ4v) is 2.20. The largest absolute Gasteiger partial charge is 0.311 e. The second-order valence-corrected chi connectivity index (χ2v) is 4.93. The molecule has 0 radical (unpaired) electrons. The Morgan fingerprint density at radius 2 is 1.92 bits per heavy atom. The van der Waals surface area contributed by atoms with E-state index in [1.807, 2.05) is 0 Å². The molecule has 1 N–H and O–H groups in total. The van der Waals surface area contributed by atoms with Gasteiger partial charge < -0.3 is 10.2 Å². The molecule has 0 unspecified atom stereocenters. The summed E-state index contributed by atoms with van der Waals surface area (Å²) in [5.74, 6) is 0.781. The molecule has 13 heavy (non-hydrogen) atoms. The molecule has 0 saturated carbocycles. The quantitative estimate of drug-likeness (QED) is 0.703. The van der Waals surface area contributed by atoms with E-state index in [1.54, 1.807) is 0 Å². The molecule has 78 valence electrons. The first-order chi connectivity index (χ1) is 6.00. The lowest BCUT2D eigenvalue weighted by Crippen LogP contribution is -2.52. The van der Waals surface area contributed by atoms with Crippen LogP contribution in [-0.4, -0.2) is 36.6 Å². The molecular weight excluding hydrogens is 160 g/mol. The van der Waals surface area contributed by atoms with E-state index in [4.69, 9.17) is 0 Å². The fraction of sp³-hybridized carbons (Fsp3) is 1.00. The SMILES string of the molecule is CC(C)N[C@@H]1C[C@H](C)N(C)C[C@@H]1C. The van der Waals surface area contributed by atoms with E-state index in [0.717, 1.165) is 12.0 Å². The standard InChI is InChI=1S/C11H24N2/c1-8(2)12-11-6-10(4)13(5)7-9(11)3/h8-12H,6-7H2,1-5H3/t9-,10-,11+/m0/s1. The first-order valence-electron chi connectivity index (χ1n) is 5.47. The normalized spacial score (nSPS) is 36.9. The third kappa shape index (κ3) is 2.96. The van der Waals surface area contributed by atoms with Gasteiger partial charge in [0, 0.05) is 24.7 Å². The van der Waals surface area contributed by atoms with Crippen LogP contribution in [0.2, 0.25) is 0 Å². The molecule has 2 heteroatoms. The highest BCUT2D eigenvalue weighted by Gasteiger charge is 2.28. The Balaban J connectivity index is 2.46. The Morgan fingerprint density at radius 3 is 2.46 bits per heavy atom. The third-order valence-corrected chi connectivity index (χ3v) is 3.16. The van der Waals surface area contributed by atoms with Crippen LogP contribution >= 0.6 is 0 Å². The van der Waals surface area contributed by atoms with E-state index in [1.165, 1.54) is 13.0 Å². The zero-order chi connectivity index (χ0) is 10.0. The lowest BCUT2D eigenvalue weighted by molar-refractivity contribution is 0.118. The number of likely N-dealkylation sites (tertiary alicyclic amines) is 1. The summed E-state index contributed by atoms with van der Waals surface area (Å²) < 4.78 is 0. The van der Waals surface area contributed by atoms with Crippen LogP contribution in [0.1, 0.15) is 34.1 Å². The van der Waals surface area contributed by atoms with Crippen molar-refractivity contribution in [2.75, 3.05) is 13.6 Å². The molecule has 0 amide bonds. The molecule has 1 saturated heterocycles. The average molecular weight is 184 g/mol. The molecule has 1 aliphatic heterocycles. The average Bonchev–Trinajstić information content (AvgIpc) is 1.99. The summed E-state index contributed by atoms with van der Waals surface area (Å²) >= 11 is 0. The maximum Gasteiger partial charge on any atom is 0.0122 e.